The number of piperidine rings is 1. The fourth-order valence-corrected chi connectivity index (χ4v) is 6.35. The molecule has 4 rings (SSSR count). The van der Waals surface area contributed by atoms with E-state index in [2.05, 4.69) is 30.1 Å². The van der Waals surface area contributed by atoms with E-state index in [4.69, 9.17) is 4.74 Å². The van der Waals surface area contributed by atoms with Crippen LogP contribution in [0.5, 0.6) is 0 Å². The van der Waals surface area contributed by atoms with E-state index in [1.54, 1.807) is 11.8 Å². The van der Waals surface area contributed by atoms with E-state index in [0.717, 1.165) is 57.6 Å². The zero-order valence-electron chi connectivity index (χ0n) is 16.3. The average Bonchev–Trinajstić information content (AvgIpc) is 3.00. The lowest BCUT2D eigenvalue weighted by molar-refractivity contribution is -0.121. The van der Waals surface area contributed by atoms with Gasteiger partial charge in [-0.05, 0) is 56.6 Å². The molecule has 1 aromatic rings. The Kier molecular flexibility index (Phi) is 5.15. The second-order valence-electron chi connectivity index (χ2n) is 8.53. The summed E-state index contributed by atoms with van der Waals surface area (Å²) < 4.78 is 6.45. The average molecular weight is 377 g/mol. The van der Waals surface area contributed by atoms with E-state index in [-0.39, 0.29) is 11.5 Å². The molecule has 2 aliphatic heterocycles. The highest BCUT2D eigenvalue weighted by molar-refractivity contribution is 7.12. The normalized spacial score (nSPS) is 34.3. The summed E-state index contributed by atoms with van der Waals surface area (Å²) in [5.74, 6) is 0.841. The van der Waals surface area contributed by atoms with Gasteiger partial charge in [0, 0.05) is 48.3 Å². The van der Waals surface area contributed by atoms with Crippen LogP contribution in [0.1, 0.15) is 61.8 Å². The van der Waals surface area contributed by atoms with Crippen LogP contribution in [0.4, 0.5) is 0 Å². The van der Waals surface area contributed by atoms with E-state index >= 15 is 0 Å². The van der Waals surface area contributed by atoms with Crippen molar-refractivity contribution < 1.29 is 9.53 Å². The molecule has 0 radical (unpaired) electrons. The Morgan fingerprint density at radius 1 is 1.46 bits per heavy atom. The van der Waals surface area contributed by atoms with Crippen molar-refractivity contribution in [2.45, 2.75) is 77.0 Å². The van der Waals surface area contributed by atoms with Gasteiger partial charge >= 0.3 is 0 Å². The van der Waals surface area contributed by atoms with E-state index in [0.29, 0.717) is 12.1 Å². The van der Waals surface area contributed by atoms with Gasteiger partial charge < -0.3 is 15.0 Å². The first-order valence-corrected chi connectivity index (χ1v) is 11.1. The summed E-state index contributed by atoms with van der Waals surface area (Å²) in [6.45, 7) is 9.42. The van der Waals surface area contributed by atoms with Gasteiger partial charge in [-0.15, -0.1) is 11.3 Å². The first kappa shape index (κ1) is 18.5. The summed E-state index contributed by atoms with van der Waals surface area (Å²) in [5, 5.41) is 3.05. The maximum absolute atomic E-state index is 11.2. The first-order chi connectivity index (χ1) is 12.5. The lowest BCUT2D eigenvalue weighted by Crippen LogP contribution is -2.54. The molecule has 1 spiro atoms. The molecule has 1 aromatic heterocycles. The number of ether oxygens (including phenoxy) is 1. The van der Waals surface area contributed by atoms with Crippen molar-refractivity contribution in [3.63, 3.8) is 0 Å². The molecule has 5 heteroatoms. The number of nitrogens with zero attached hydrogens (tertiary/aromatic N) is 1. The fraction of sp³-hybridized carbons (Fsp3) is 0.762. The van der Waals surface area contributed by atoms with Crippen LogP contribution >= 0.6 is 11.3 Å². The summed E-state index contributed by atoms with van der Waals surface area (Å²) in [6.07, 6.45) is 6.73. The number of fused-ring (bicyclic) bond motifs is 2. The second kappa shape index (κ2) is 7.25. The largest absolute Gasteiger partial charge is 0.370 e. The van der Waals surface area contributed by atoms with Crippen molar-refractivity contribution in [2.75, 3.05) is 19.7 Å². The van der Waals surface area contributed by atoms with Gasteiger partial charge in [0.15, 0.2) is 0 Å². The van der Waals surface area contributed by atoms with Crippen molar-refractivity contribution in [1.82, 2.24) is 10.2 Å². The van der Waals surface area contributed by atoms with Crippen LogP contribution in [0.3, 0.4) is 0 Å². The minimum atomic E-state index is -0.0360. The van der Waals surface area contributed by atoms with E-state index in [9.17, 15) is 4.79 Å². The quantitative estimate of drug-likeness (QED) is 0.875. The predicted octanol–water partition coefficient (Wildman–Crippen LogP) is 3.48. The van der Waals surface area contributed by atoms with Gasteiger partial charge in [-0.1, -0.05) is 6.92 Å². The number of likely N-dealkylation sites (tertiary alicyclic amines) is 1. The van der Waals surface area contributed by atoms with Gasteiger partial charge in [0.05, 0.1) is 12.2 Å². The van der Waals surface area contributed by atoms with Gasteiger partial charge in [-0.3, -0.25) is 4.79 Å². The maximum Gasteiger partial charge on any atom is 0.217 e. The molecular formula is C21H32N2O2S. The number of hydrogen-bond donors (Lipinski definition) is 1. The topological polar surface area (TPSA) is 41.6 Å². The summed E-state index contributed by atoms with van der Waals surface area (Å²) in [7, 11) is 0. The standard InChI is InChI=1S/C21H32N2O2S/c1-4-18-11-19-20(26-18)5-8-25-21(19)6-7-23(14(2)12-21)13-16-9-17(10-16)22-15(3)24/h11,14,16-17H,4-10,12-13H2,1-3H3,(H,22,24)/t14-,16-,17+,21+/m0/s1. The highest BCUT2D eigenvalue weighted by Crippen LogP contribution is 2.46. The third kappa shape index (κ3) is 3.46. The summed E-state index contributed by atoms with van der Waals surface area (Å²) >= 11 is 2.01. The Hall–Kier alpha value is -0.910. The maximum atomic E-state index is 11.2. The van der Waals surface area contributed by atoms with Crippen LogP contribution in [-0.4, -0.2) is 42.6 Å². The Morgan fingerprint density at radius 2 is 2.27 bits per heavy atom. The summed E-state index contributed by atoms with van der Waals surface area (Å²) in [4.78, 5) is 16.9. The first-order valence-electron chi connectivity index (χ1n) is 10.3. The third-order valence-corrected chi connectivity index (χ3v) is 7.93. The minimum absolute atomic E-state index is 0.0360. The highest BCUT2D eigenvalue weighted by Gasteiger charge is 2.45. The van der Waals surface area contributed by atoms with Gasteiger partial charge in [0.1, 0.15) is 0 Å². The molecule has 3 heterocycles. The number of carbonyl (C=O) groups is 1. The lowest BCUT2D eigenvalue weighted by atomic mass is 9.76. The minimum Gasteiger partial charge on any atom is -0.370 e. The number of nitrogens with one attached hydrogen (secondary N) is 1. The van der Waals surface area contributed by atoms with Crippen LogP contribution < -0.4 is 5.32 Å². The predicted molar refractivity (Wildman–Crippen MR) is 106 cm³/mol. The number of hydrogen-bond acceptors (Lipinski definition) is 4. The lowest BCUT2D eigenvalue weighted by Gasteiger charge is -2.49. The Morgan fingerprint density at radius 3 is 2.96 bits per heavy atom. The van der Waals surface area contributed by atoms with Crippen molar-refractivity contribution in [3.8, 4) is 0 Å². The molecule has 2 atom stereocenters. The van der Waals surface area contributed by atoms with Crippen molar-refractivity contribution in [1.29, 1.82) is 0 Å². The smallest absolute Gasteiger partial charge is 0.217 e. The fourth-order valence-electron chi connectivity index (χ4n) is 5.17. The molecular weight excluding hydrogens is 344 g/mol. The second-order valence-corrected chi connectivity index (χ2v) is 9.75. The monoisotopic (exact) mass is 376 g/mol. The molecule has 0 unspecified atom stereocenters. The molecule has 1 amide bonds. The van der Waals surface area contributed by atoms with Crippen LogP contribution in [0.15, 0.2) is 6.07 Å². The van der Waals surface area contributed by atoms with Crippen molar-refractivity contribution >= 4 is 17.2 Å². The Balaban J connectivity index is 1.37. The number of thiophene rings is 1. The van der Waals surface area contributed by atoms with E-state index in [1.807, 2.05) is 11.3 Å². The molecule has 2 fully saturated rings. The summed E-state index contributed by atoms with van der Waals surface area (Å²) in [5.41, 5.74) is 1.47. The van der Waals surface area contributed by atoms with Gasteiger partial charge in [-0.2, -0.15) is 0 Å². The number of rotatable bonds is 4. The molecule has 1 saturated heterocycles. The SMILES string of the molecule is CCc1cc2c(s1)CCO[C@@]21CCN(C[C@H]2C[C@@H](NC(C)=O)C2)[C@@H](C)C1. The molecule has 0 aromatic carbocycles. The molecule has 0 bridgehead atoms. The molecule has 144 valence electrons. The third-order valence-electron chi connectivity index (χ3n) is 6.59. The number of amides is 1. The van der Waals surface area contributed by atoms with Crippen molar-refractivity contribution in [2.24, 2.45) is 5.92 Å². The molecule has 26 heavy (non-hydrogen) atoms. The van der Waals surface area contributed by atoms with Gasteiger partial charge in [0.2, 0.25) is 5.91 Å². The van der Waals surface area contributed by atoms with Crippen LogP contribution in [0, 0.1) is 5.92 Å². The molecule has 1 N–H and O–H groups in total. The molecule has 3 aliphatic rings. The van der Waals surface area contributed by atoms with Gasteiger partial charge in [0.25, 0.3) is 0 Å². The van der Waals surface area contributed by atoms with Crippen LogP contribution in [0.2, 0.25) is 0 Å². The zero-order valence-corrected chi connectivity index (χ0v) is 17.2. The Bertz CT molecular complexity index is 667. The van der Waals surface area contributed by atoms with E-state index < -0.39 is 0 Å². The zero-order chi connectivity index (χ0) is 18.3. The highest BCUT2D eigenvalue weighted by atomic mass is 32.1. The molecule has 1 saturated carbocycles. The number of aryl methyl sites for hydroxylation is 1. The van der Waals surface area contributed by atoms with E-state index in [1.165, 1.54) is 17.0 Å². The van der Waals surface area contributed by atoms with Gasteiger partial charge in [-0.25, -0.2) is 0 Å². The van der Waals surface area contributed by atoms with Crippen molar-refractivity contribution in [3.05, 3.63) is 21.4 Å². The van der Waals surface area contributed by atoms with Crippen LogP contribution in [-0.2, 0) is 28.0 Å². The molecule has 4 nitrogen and oxygen atoms in total. The Labute approximate surface area is 161 Å². The van der Waals surface area contributed by atoms with Crippen LogP contribution in [0.25, 0.3) is 0 Å². The number of carbonyl (C=O) groups excluding carboxylic acids is 1. The summed E-state index contributed by atoms with van der Waals surface area (Å²) in [6, 6.07) is 3.40. The molecule has 1 aliphatic carbocycles.